The smallest absolute Gasteiger partial charge is 0.319 e. The van der Waals surface area contributed by atoms with Crippen molar-refractivity contribution >= 4 is 23.5 Å². The Morgan fingerprint density at radius 2 is 2.08 bits per heavy atom. The van der Waals surface area contributed by atoms with Crippen LogP contribution in [0.5, 0.6) is 0 Å². The molecule has 0 aliphatic heterocycles. The minimum Gasteiger partial charge on any atom is -0.338 e. The number of anilines is 1. The van der Waals surface area contributed by atoms with E-state index >= 15 is 0 Å². The van der Waals surface area contributed by atoms with Gasteiger partial charge in [-0.15, -0.1) is 11.8 Å². The largest absolute Gasteiger partial charge is 0.338 e. The van der Waals surface area contributed by atoms with Crippen LogP contribution in [0.4, 0.5) is 10.5 Å². The van der Waals surface area contributed by atoms with Gasteiger partial charge in [0.1, 0.15) is 0 Å². The topological polar surface area (TPSA) is 64.9 Å². The second-order valence-electron chi connectivity index (χ2n) is 6.09. The van der Waals surface area contributed by atoms with Gasteiger partial charge in [0.05, 0.1) is 17.7 Å². The van der Waals surface area contributed by atoms with Crippen molar-refractivity contribution in [3.63, 3.8) is 0 Å². The summed E-state index contributed by atoms with van der Waals surface area (Å²) in [5.74, 6) is 1.24. The Hall–Kier alpha value is -1.67. The third-order valence-electron chi connectivity index (χ3n) is 3.94. The van der Waals surface area contributed by atoms with Gasteiger partial charge < -0.3 is 10.6 Å². The summed E-state index contributed by atoms with van der Waals surface area (Å²) in [6, 6.07) is 9.79. The molecule has 0 radical (unpaired) electrons. The number of urea groups is 1. The van der Waals surface area contributed by atoms with Crippen LogP contribution in [0, 0.1) is 23.2 Å². The van der Waals surface area contributed by atoms with E-state index < -0.39 is 0 Å². The Kier molecular flexibility index (Phi) is 10.0. The van der Waals surface area contributed by atoms with Crippen molar-refractivity contribution in [2.45, 2.75) is 51.3 Å². The van der Waals surface area contributed by atoms with Gasteiger partial charge in [-0.25, -0.2) is 4.79 Å². The SMILES string of the molecule is CCCCC(CC)CNC(=O)Nc1ccccc1SCC(C)C#N. The van der Waals surface area contributed by atoms with Crippen LogP contribution in [-0.4, -0.2) is 18.3 Å². The van der Waals surface area contributed by atoms with Gasteiger partial charge in [0.2, 0.25) is 0 Å². The number of carbonyl (C=O) groups is 1. The molecule has 1 rings (SSSR count). The molecule has 2 N–H and O–H groups in total. The number of nitriles is 1. The van der Waals surface area contributed by atoms with E-state index in [1.165, 1.54) is 12.8 Å². The van der Waals surface area contributed by atoms with E-state index in [0.717, 1.165) is 23.4 Å². The first-order valence-electron chi connectivity index (χ1n) is 8.76. The van der Waals surface area contributed by atoms with E-state index in [-0.39, 0.29) is 11.9 Å². The van der Waals surface area contributed by atoms with E-state index in [9.17, 15) is 4.79 Å². The van der Waals surface area contributed by atoms with Crippen LogP contribution in [0.15, 0.2) is 29.2 Å². The van der Waals surface area contributed by atoms with Gasteiger partial charge >= 0.3 is 6.03 Å². The van der Waals surface area contributed by atoms with E-state index in [2.05, 4.69) is 30.6 Å². The zero-order valence-electron chi connectivity index (χ0n) is 15.0. The summed E-state index contributed by atoms with van der Waals surface area (Å²) in [6.45, 7) is 6.97. The minimum atomic E-state index is -0.161. The van der Waals surface area contributed by atoms with Crippen molar-refractivity contribution in [1.82, 2.24) is 5.32 Å². The lowest BCUT2D eigenvalue weighted by molar-refractivity contribution is 0.249. The van der Waals surface area contributed by atoms with Crippen molar-refractivity contribution < 1.29 is 4.79 Å². The standard InChI is InChI=1S/C19H29N3OS/c1-4-6-9-16(5-2)13-21-19(23)22-17-10-7-8-11-18(17)24-14-15(3)12-20/h7-8,10-11,15-16H,4-6,9,13-14H2,1-3H3,(H2,21,22,23). The number of nitrogens with one attached hydrogen (secondary N) is 2. The van der Waals surface area contributed by atoms with Gasteiger partial charge in [-0.1, -0.05) is 45.2 Å². The van der Waals surface area contributed by atoms with Gasteiger partial charge in [0.25, 0.3) is 0 Å². The van der Waals surface area contributed by atoms with Crippen LogP contribution in [0.1, 0.15) is 46.5 Å². The number of hydrogen-bond acceptors (Lipinski definition) is 3. The molecule has 2 atom stereocenters. The molecule has 4 nitrogen and oxygen atoms in total. The van der Waals surface area contributed by atoms with Gasteiger partial charge in [-0.3, -0.25) is 0 Å². The molecule has 0 bridgehead atoms. The molecule has 1 aromatic rings. The molecule has 0 saturated carbocycles. The molecule has 0 heterocycles. The highest BCUT2D eigenvalue weighted by Crippen LogP contribution is 2.28. The van der Waals surface area contributed by atoms with Gasteiger partial charge in [0.15, 0.2) is 0 Å². The molecule has 2 amide bonds. The first kappa shape index (κ1) is 20.4. The van der Waals surface area contributed by atoms with E-state index in [4.69, 9.17) is 5.26 Å². The maximum Gasteiger partial charge on any atom is 0.319 e. The number of rotatable bonds is 10. The number of nitrogens with zero attached hydrogens (tertiary/aromatic N) is 1. The summed E-state index contributed by atoms with van der Waals surface area (Å²) >= 11 is 1.60. The zero-order chi connectivity index (χ0) is 17.8. The minimum absolute atomic E-state index is 0.0132. The fraction of sp³-hybridized carbons (Fsp3) is 0.579. The second kappa shape index (κ2) is 11.8. The Morgan fingerprint density at radius 1 is 1.33 bits per heavy atom. The number of benzene rings is 1. The number of para-hydroxylation sites is 1. The third-order valence-corrected chi connectivity index (χ3v) is 5.27. The van der Waals surface area contributed by atoms with Crippen LogP contribution >= 0.6 is 11.8 Å². The lowest BCUT2D eigenvalue weighted by atomic mass is 9.99. The molecule has 0 fully saturated rings. The highest BCUT2D eigenvalue weighted by atomic mass is 32.2. The molecule has 0 saturated heterocycles. The first-order valence-corrected chi connectivity index (χ1v) is 9.75. The number of thioether (sulfide) groups is 1. The lowest BCUT2D eigenvalue weighted by Crippen LogP contribution is -2.33. The molecule has 0 aliphatic rings. The zero-order valence-corrected chi connectivity index (χ0v) is 15.8. The van der Waals surface area contributed by atoms with Gasteiger partial charge in [0, 0.05) is 17.2 Å². The molecule has 5 heteroatoms. The molecule has 24 heavy (non-hydrogen) atoms. The monoisotopic (exact) mass is 347 g/mol. The van der Waals surface area contributed by atoms with Crippen LogP contribution in [0.3, 0.4) is 0 Å². The highest BCUT2D eigenvalue weighted by molar-refractivity contribution is 7.99. The predicted molar refractivity (Wildman–Crippen MR) is 102 cm³/mol. The Morgan fingerprint density at radius 3 is 2.75 bits per heavy atom. The molecule has 132 valence electrons. The lowest BCUT2D eigenvalue weighted by Gasteiger charge is -2.16. The van der Waals surface area contributed by atoms with E-state index in [1.807, 2.05) is 31.2 Å². The van der Waals surface area contributed by atoms with Gasteiger partial charge in [-0.05, 0) is 31.4 Å². The normalized spacial score (nSPS) is 12.9. The quantitative estimate of drug-likeness (QED) is 0.566. The number of unbranched alkanes of at least 4 members (excludes halogenated alkanes) is 1. The molecule has 0 spiro atoms. The van der Waals surface area contributed by atoms with Crippen molar-refractivity contribution in [2.24, 2.45) is 11.8 Å². The Bertz CT molecular complexity index is 542. The number of carbonyl (C=O) groups excluding carboxylic acids is 1. The number of hydrogen-bond donors (Lipinski definition) is 2. The first-order chi connectivity index (χ1) is 11.6. The summed E-state index contributed by atoms with van der Waals surface area (Å²) in [7, 11) is 0. The fourth-order valence-corrected chi connectivity index (χ4v) is 3.25. The third kappa shape index (κ3) is 7.74. The number of amides is 2. The average Bonchev–Trinajstić information content (AvgIpc) is 2.60. The summed E-state index contributed by atoms with van der Waals surface area (Å²) in [5.41, 5.74) is 0.798. The maximum absolute atomic E-state index is 12.2. The van der Waals surface area contributed by atoms with E-state index in [1.54, 1.807) is 11.8 Å². The Balaban J connectivity index is 2.53. The van der Waals surface area contributed by atoms with Crippen molar-refractivity contribution in [2.75, 3.05) is 17.6 Å². The molecular weight excluding hydrogens is 318 g/mol. The molecule has 2 unspecified atom stereocenters. The van der Waals surface area contributed by atoms with Crippen LogP contribution < -0.4 is 10.6 Å². The summed E-state index contributed by atoms with van der Waals surface area (Å²) < 4.78 is 0. The van der Waals surface area contributed by atoms with Gasteiger partial charge in [-0.2, -0.15) is 5.26 Å². The van der Waals surface area contributed by atoms with Crippen molar-refractivity contribution in [3.05, 3.63) is 24.3 Å². The van der Waals surface area contributed by atoms with Crippen LogP contribution in [0.25, 0.3) is 0 Å². The van der Waals surface area contributed by atoms with Crippen LogP contribution in [-0.2, 0) is 0 Å². The molecule has 1 aromatic carbocycles. The van der Waals surface area contributed by atoms with Crippen molar-refractivity contribution in [1.29, 1.82) is 5.26 Å². The molecule has 0 aromatic heterocycles. The summed E-state index contributed by atoms with van der Waals surface area (Å²) in [6.07, 6.45) is 4.64. The van der Waals surface area contributed by atoms with E-state index in [0.29, 0.717) is 18.2 Å². The predicted octanol–water partition coefficient (Wildman–Crippen LogP) is 5.28. The Labute approximate surface area is 150 Å². The maximum atomic E-state index is 12.2. The average molecular weight is 348 g/mol. The molecular formula is C19H29N3OS. The highest BCUT2D eigenvalue weighted by Gasteiger charge is 2.11. The fourth-order valence-electron chi connectivity index (χ4n) is 2.29. The second-order valence-corrected chi connectivity index (χ2v) is 7.15. The summed E-state index contributed by atoms with van der Waals surface area (Å²) in [4.78, 5) is 13.2. The van der Waals surface area contributed by atoms with Crippen LogP contribution in [0.2, 0.25) is 0 Å². The summed E-state index contributed by atoms with van der Waals surface area (Å²) in [5, 5.41) is 14.8. The molecule has 0 aliphatic carbocycles. The van der Waals surface area contributed by atoms with Crippen molar-refractivity contribution in [3.8, 4) is 6.07 Å².